The minimum Gasteiger partial charge on any atom is -0.352 e. The molecule has 0 bridgehead atoms. The standard InChI is InChI=1S/C19H20FN5O/c20-14-11-13-5-4-8-21-18(13)15(12-14)19(26)22-9-7-17-24-23-16-6-2-1-3-10-25(16)17/h4-5,8,11-12H,1-3,6-7,9-10H2,(H,22,26). The van der Waals surface area contributed by atoms with Crippen molar-refractivity contribution in [3.8, 4) is 0 Å². The molecule has 0 saturated carbocycles. The zero-order chi connectivity index (χ0) is 17.9. The fourth-order valence-electron chi connectivity index (χ4n) is 3.44. The van der Waals surface area contributed by atoms with Crippen LogP contribution in [-0.2, 0) is 19.4 Å². The zero-order valence-corrected chi connectivity index (χ0v) is 14.4. The first-order valence-electron chi connectivity index (χ1n) is 8.96. The molecule has 0 radical (unpaired) electrons. The third-order valence-electron chi connectivity index (χ3n) is 4.73. The molecule has 4 rings (SSSR count). The summed E-state index contributed by atoms with van der Waals surface area (Å²) in [5, 5.41) is 12.0. The maximum absolute atomic E-state index is 13.8. The summed E-state index contributed by atoms with van der Waals surface area (Å²) in [4.78, 5) is 16.7. The summed E-state index contributed by atoms with van der Waals surface area (Å²) in [7, 11) is 0. The van der Waals surface area contributed by atoms with Gasteiger partial charge in [-0.25, -0.2) is 4.39 Å². The molecule has 1 amide bonds. The molecule has 0 atom stereocenters. The number of rotatable bonds is 4. The quantitative estimate of drug-likeness (QED) is 0.783. The second-order valence-corrected chi connectivity index (χ2v) is 6.53. The lowest BCUT2D eigenvalue weighted by molar-refractivity contribution is 0.0955. The molecule has 0 fully saturated rings. The average molecular weight is 353 g/mol. The van der Waals surface area contributed by atoms with Gasteiger partial charge in [0, 0.05) is 37.5 Å². The van der Waals surface area contributed by atoms with Crippen molar-refractivity contribution < 1.29 is 9.18 Å². The summed E-state index contributed by atoms with van der Waals surface area (Å²) in [6.45, 7) is 1.35. The molecular weight excluding hydrogens is 333 g/mol. The summed E-state index contributed by atoms with van der Waals surface area (Å²) in [5.74, 6) is 1.15. The maximum Gasteiger partial charge on any atom is 0.253 e. The molecule has 0 aliphatic carbocycles. The Labute approximate surface area is 150 Å². The minimum absolute atomic E-state index is 0.251. The summed E-state index contributed by atoms with van der Waals surface area (Å²) in [5.41, 5.74) is 0.753. The molecule has 0 saturated heterocycles. The van der Waals surface area contributed by atoms with E-state index < -0.39 is 5.82 Å². The summed E-state index contributed by atoms with van der Waals surface area (Å²) in [6.07, 6.45) is 6.64. The van der Waals surface area contributed by atoms with Crippen LogP contribution < -0.4 is 5.32 Å². The molecule has 0 spiro atoms. The van der Waals surface area contributed by atoms with Crippen LogP contribution in [0.3, 0.4) is 0 Å². The van der Waals surface area contributed by atoms with Crippen LogP contribution in [-0.4, -0.2) is 32.2 Å². The molecule has 26 heavy (non-hydrogen) atoms. The molecule has 6 nitrogen and oxygen atoms in total. The van der Waals surface area contributed by atoms with Gasteiger partial charge < -0.3 is 9.88 Å². The number of benzene rings is 1. The number of pyridine rings is 1. The Morgan fingerprint density at radius 3 is 3.08 bits per heavy atom. The molecule has 0 unspecified atom stereocenters. The van der Waals surface area contributed by atoms with Crippen molar-refractivity contribution >= 4 is 16.8 Å². The molecule has 1 aliphatic rings. The molecule has 3 aromatic rings. The number of amides is 1. The van der Waals surface area contributed by atoms with Crippen molar-refractivity contribution in [1.29, 1.82) is 0 Å². The van der Waals surface area contributed by atoms with Crippen molar-refractivity contribution in [3.63, 3.8) is 0 Å². The highest BCUT2D eigenvalue weighted by Crippen LogP contribution is 2.18. The van der Waals surface area contributed by atoms with E-state index in [4.69, 9.17) is 0 Å². The molecular formula is C19H20FN5O. The number of nitrogens with zero attached hydrogens (tertiary/aromatic N) is 4. The summed E-state index contributed by atoms with van der Waals surface area (Å²) < 4.78 is 16.0. The Morgan fingerprint density at radius 2 is 2.15 bits per heavy atom. The number of halogens is 1. The maximum atomic E-state index is 13.8. The Bertz CT molecular complexity index is 952. The van der Waals surface area contributed by atoms with Gasteiger partial charge in [0.1, 0.15) is 17.5 Å². The van der Waals surface area contributed by atoms with E-state index in [0.717, 1.165) is 37.5 Å². The Morgan fingerprint density at radius 1 is 1.23 bits per heavy atom. The molecule has 1 aliphatic heterocycles. The summed E-state index contributed by atoms with van der Waals surface area (Å²) in [6, 6.07) is 6.08. The van der Waals surface area contributed by atoms with Crippen LogP contribution in [0.5, 0.6) is 0 Å². The Balaban J connectivity index is 1.46. The van der Waals surface area contributed by atoms with E-state index in [1.165, 1.54) is 18.6 Å². The van der Waals surface area contributed by atoms with Crippen LogP contribution in [0, 0.1) is 5.82 Å². The first-order chi connectivity index (χ1) is 12.7. The van der Waals surface area contributed by atoms with Crippen LogP contribution in [0.1, 0.15) is 41.3 Å². The number of aromatic nitrogens is 4. The van der Waals surface area contributed by atoms with Crippen LogP contribution in [0.4, 0.5) is 4.39 Å². The number of carbonyl (C=O) groups is 1. The number of aryl methyl sites for hydroxylation is 1. The monoisotopic (exact) mass is 353 g/mol. The van der Waals surface area contributed by atoms with Gasteiger partial charge in [-0.1, -0.05) is 12.5 Å². The van der Waals surface area contributed by atoms with E-state index >= 15 is 0 Å². The normalized spacial score (nSPS) is 14.0. The lowest BCUT2D eigenvalue weighted by Gasteiger charge is -2.09. The number of carbonyl (C=O) groups excluding carboxylic acids is 1. The third kappa shape index (κ3) is 3.29. The van der Waals surface area contributed by atoms with Gasteiger partial charge in [-0.05, 0) is 31.0 Å². The molecule has 2 aromatic heterocycles. The van der Waals surface area contributed by atoms with Crippen LogP contribution in [0.15, 0.2) is 30.5 Å². The van der Waals surface area contributed by atoms with E-state index in [0.29, 0.717) is 23.9 Å². The van der Waals surface area contributed by atoms with Gasteiger partial charge in [0.05, 0.1) is 11.1 Å². The topological polar surface area (TPSA) is 72.7 Å². The molecule has 1 N–H and O–H groups in total. The molecule has 7 heteroatoms. The van der Waals surface area contributed by atoms with Gasteiger partial charge in [-0.3, -0.25) is 9.78 Å². The fraction of sp³-hybridized carbons (Fsp3) is 0.368. The fourth-order valence-corrected chi connectivity index (χ4v) is 3.44. The number of hydrogen-bond donors (Lipinski definition) is 1. The van der Waals surface area contributed by atoms with E-state index in [2.05, 4.69) is 25.1 Å². The highest BCUT2D eigenvalue weighted by atomic mass is 19.1. The van der Waals surface area contributed by atoms with Crippen molar-refractivity contribution in [2.45, 2.75) is 38.6 Å². The lowest BCUT2D eigenvalue weighted by atomic mass is 10.1. The highest BCUT2D eigenvalue weighted by Gasteiger charge is 2.16. The van der Waals surface area contributed by atoms with Crippen molar-refractivity contribution in [2.24, 2.45) is 0 Å². The van der Waals surface area contributed by atoms with Crippen molar-refractivity contribution in [1.82, 2.24) is 25.1 Å². The predicted octanol–water partition coefficient (Wildman–Crippen LogP) is 2.66. The zero-order valence-electron chi connectivity index (χ0n) is 14.4. The van der Waals surface area contributed by atoms with Gasteiger partial charge in [0.25, 0.3) is 5.91 Å². The second kappa shape index (κ2) is 7.19. The number of hydrogen-bond acceptors (Lipinski definition) is 4. The minimum atomic E-state index is -0.446. The van der Waals surface area contributed by atoms with Gasteiger partial charge in [0.15, 0.2) is 0 Å². The first kappa shape index (κ1) is 16.6. The molecule has 134 valence electrons. The Hall–Kier alpha value is -2.83. The highest BCUT2D eigenvalue weighted by molar-refractivity contribution is 6.05. The van der Waals surface area contributed by atoms with E-state index in [9.17, 15) is 9.18 Å². The SMILES string of the molecule is O=C(NCCc1nnc2n1CCCCC2)c1cc(F)cc2cccnc12. The van der Waals surface area contributed by atoms with E-state index in [1.807, 2.05) is 0 Å². The summed E-state index contributed by atoms with van der Waals surface area (Å²) >= 11 is 0. The van der Waals surface area contributed by atoms with Crippen molar-refractivity contribution in [3.05, 3.63) is 53.5 Å². The average Bonchev–Trinajstić information content (AvgIpc) is 2.87. The van der Waals surface area contributed by atoms with Crippen molar-refractivity contribution in [2.75, 3.05) is 6.54 Å². The number of fused-ring (bicyclic) bond motifs is 2. The van der Waals surface area contributed by atoms with Crippen LogP contribution in [0.25, 0.3) is 10.9 Å². The molecule has 3 heterocycles. The van der Waals surface area contributed by atoms with Gasteiger partial charge in [-0.15, -0.1) is 10.2 Å². The van der Waals surface area contributed by atoms with Crippen LogP contribution >= 0.6 is 0 Å². The lowest BCUT2D eigenvalue weighted by Crippen LogP contribution is -2.27. The van der Waals surface area contributed by atoms with Gasteiger partial charge in [-0.2, -0.15) is 0 Å². The molecule has 1 aromatic carbocycles. The second-order valence-electron chi connectivity index (χ2n) is 6.53. The van der Waals surface area contributed by atoms with E-state index in [-0.39, 0.29) is 11.5 Å². The van der Waals surface area contributed by atoms with E-state index in [1.54, 1.807) is 18.3 Å². The third-order valence-corrected chi connectivity index (χ3v) is 4.73. The van der Waals surface area contributed by atoms with Gasteiger partial charge in [0.2, 0.25) is 0 Å². The number of nitrogens with one attached hydrogen (secondary N) is 1. The smallest absolute Gasteiger partial charge is 0.253 e. The van der Waals surface area contributed by atoms with Crippen LogP contribution in [0.2, 0.25) is 0 Å². The largest absolute Gasteiger partial charge is 0.352 e. The predicted molar refractivity (Wildman–Crippen MR) is 95.3 cm³/mol. The first-order valence-corrected chi connectivity index (χ1v) is 8.96. The Kier molecular flexibility index (Phi) is 4.60. The van der Waals surface area contributed by atoms with Gasteiger partial charge >= 0.3 is 0 Å².